The second-order valence-corrected chi connectivity index (χ2v) is 6.35. The van der Waals surface area contributed by atoms with Crippen molar-refractivity contribution in [2.24, 2.45) is 5.14 Å². The van der Waals surface area contributed by atoms with E-state index in [0.717, 1.165) is 19.2 Å². The summed E-state index contributed by atoms with van der Waals surface area (Å²) in [4.78, 5) is 11.3. The lowest BCUT2D eigenvalue weighted by atomic mass is 10.1. The Morgan fingerprint density at radius 3 is 2.52 bits per heavy atom. The zero-order valence-corrected chi connectivity index (χ0v) is 14.7. The van der Waals surface area contributed by atoms with Crippen molar-refractivity contribution < 1.29 is 22.3 Å². The first-order chi connectivity index (χ1) is 10.2. The van der Waals surface area contributed by atoms with Gasteiger partial charge in [0.2, 0.25) is 15.9 Å². The fourth-order valence-corrected chi connectivity index (χ4v) is 2.50. The van der Waals surface area contributed by atoms with Crippen LogP contribution in [-0.4, -0.2) is 41.1 Å². The Morgan fingerprint density at radius 1 is 1.43 bits per heavy atom. The molecule has 0 spiro atoms. The van der Waals surface area contributed by atoms with Crippen LogP contribution in [-0.2, 0) is 21.2 Å². The predicted octanol–water partition coefficient (Wildman–Crippen LogP) is 0.170. The Labute approximate surface area is 141 Å². The molecule has 23 heavy (non-hydrogen) atoms. The number of methoxy groups -OCH3 is 1. The third-order valence-corrected chi connectivity index (χ3v) is 3.96. The summed E-state index contributed by atoms with van der Waals surface area (Å²) in [6, 6.07) is 2.27. The van der Waals surface area contributed by atoms with E-state index in [1.807, 2.05) is 6.92 Å². The van der Waals surface area contributed by atoms with Crippen LogP contribution < -0.4 is 20.5 Å². The molecule has 1 amide bonds. The van der Waals surface area contributed by atoms with Crippen molar-refractivity contribution in [3.8, 4) is 5.75 Å². The zero-order valence-electron chi connectivity index (χ0n) is 13.1. The number of carbonyl (C=O) groups is 1. The number of rotatable bonds is 7. The highest BCUT2D eigenvalue weighted by Gasteiger charge is 2.21. The fourth-order valence-electron chi connectivity index (χ4n) is 1.75. The molecule has 7 nitrogen and oxygen atoms in total. The van der Waals surface area contributed by atoms with Crippen molar-refractivity contribution in [1.29, 1.82) is 0 Å². The summed E-state index contributed by atoms with van der Waals surface area (Å²) in [6.45, 7) is 2.28. The Kier molecular flexibility index (Phi) is 8.46. The molecule has 1 aromatic rings. The highest BCUT2D eigenvalue weighted by atomic mass is 35.5. The number of primary sulfonamides is 1. The van der Waals surface area contributed by atoms with Gasteiger partial charge >= 0.3 is 0 Å². The molecule has 0 radical (unpaired) electrons. The minimum absolute atomic E-state index is 0. The van der Waals surface area contributed by atoms with Gasteiger partial charge in [0.15, 0.2) is 11.6 Å². The smallest absolute Gasteiger partial charge is 0.241 e. The number of nitrogens with two attached hydrogens (primary N) is 1. The van der Waals surface area contributed by atoms with E-state index in [4.69, 9.17) is 9.88 Å². The molecule has 132 valence electrons. The summed E-state index contributed by atoms with van der Waals surface area (Å²) in [5.41, 5.74) is 0.192. The van der Waals surface area contributed by atoms with Crippen molar-refractivity contribution >= 4 is 28.3 Å². The molecule has 0 aromatic heterocycles. The van der Waals surface area contributed by atoms with Gasteiger partial charge in [0, 0.05) is 12.6 Å². The van der Waals surface area contributed by atoms with Crippen molar-refractivity contribution in [3.05, 3.63) is 23.5 Å². The number of sulfonamides is 1. The highest BCUT2D eigenvalue weighted by molar-refractivity contribution is 7.89. The normalized spacial score (nSPS) is 12.2. The van der Waals surface area contributed by atoms with Crippen LogP contribution in [0.5, 0.6) is 5.75 Å². The first kappa shape index (κ1) is 21.6. The van der Waals surface area contributed by atoms with E-state index < -0.39 is 26.5 Å². The van der Waals surface area contributed by atoms with Crippen LogP contribution in [0.1, 0.15) is 12.5 Å². The maximum Gasteiger partial charge on any atom is 0.241 e. The van der Waals surface area contributed by atoms with Gasteiger partial charge in [0.05, 0.1) is 13.5 Å². The predicted molar refractivity (Wildman–Crippen MR) is 86.8 cm³/mol. The molecule has 10 heteroatoms. The minimum atomic E-state index is -4.16. The van der Waals surface area contributed by atoms with Gasteiger partial charge in [-0.15, -0.1) is 12.4 Å². The minimum Gasteiger partial charge on any atom is -0.492 e. The molecule has 0 aliphatic carbocycles. The van der Waals surface area contributed by atoms with E-state index in [0.29, 0.717) is 6.54 Å². The topological polar surface area (TPSA) is 111 Å². The lowest BCUT2D eigenvalue weighted by Crippen LogP contribution is -2.37. The summed E-state index contributed by atoms with van der Waals surface area (Å²) in [5.74, 6) is -1.71. The second kappa shape index (κ2) is 9.02. The summed E-state index contributed by atoms with van der Waals surface area (Å²) in [6.07, 6.45) is -0.167. The van der Waals surface area contributed by atoms with Crippen LogP contribution in [0.15, 0.2) is 17.0 Å². The second-order valence-electron chi connectivity index (χ2n) is 4.82. The number of nitrogens with one attached hydrogen (secondary N) is 2. The average Bonchev–Trinajstić information content (AvgIpc) is 2.43. The molecule has 1 aromatic carbocycles. The maximum absolute atomic E-state index is 13.9. The molecular weight excluding hydrogens is 349 g/mol. The van der Waals surface area contributed by atoms with Crippen LogP contribution in [0.25, 0.3) is 0 Å². The summed E-state index contributed by atoms with van der Waals surface area (Å²) < 4.78 is 41.5. The van der Waals surface area contributed by atoms with Gasteiger partial charge in [-0.25, -0.2) is 17.9 Å². The largest absolute Gasteiger partial charge is 0.492 e. The number of carbonyl (C=O) groups excluding carboxylic acids is 1. The van der Waals surface area contributed by atoms with Gasteiger partial charge in [-0.2, -0.15) is 0 Å². The summed E-state index contributed by atoms with van der Waals surface area (Å²) in [7, 11) is -1.27. The highest BCUT2D eigenvalue weighted by Crippen LogP contribution is 2.27. The molecule has 0 fully saturated rings. The molecule has 0 saturated carbocycles. The Morgan fingerprint density at radius 2 is 2.04 bits per heavy atom. The zero-order chi connectivity index (χ0) is 16.9. The van der Waals surface area contributed by atoms with E-state index in [9.17, 15) is 17.6 Å². The molecule has 0 bridgehead atoms. The standard InChI is InChI=1S/C13H20FN3O4S.ClH/c1-8(16-2)7-17-12(18)6-9-4-10(14)13(21-3)11(5-9)22(15,19)20;/h4-5,8,16H,6-7H2,1-3H3,(H,17,18)(H2,15,19,20);1H. The Hall–Kier alpha value is -1.42. The fraction of sp³-hybridized carbons (Fsp3) is 0.462. The number of halogens is 2. The molecule has 0 aliphatic heterocycles. The molecular formula is C13H21ClFN3O4S. The quantitative estimate of drug-likeness (QED) is 0.634. The lowest BCUT2D eigenvalue weighted by Gasteiger charge is -2.13. The van der Waals surface area contributed by atoms with E-state index in [2.05, 4.69) is 10.6 Å². The number of ether oxygens (including phenoxy) is 1. The van der Waals surface area contributed by atoms with E-state index in [1.54, 1.807) is 7.05 Å². The number of hydrogen-bond donors (Lipinski definition) is 3. The summed E-state index contributed by atoms with van der Waals surface area (Å²) in [5, 5.41) is 10.6. The van der Waals surface area contributed by atoms with Gasteiger partial charge in [0.25, 0.3) is 0 Å². The first-order valence-corrected chi connectivity index (χ1v) is 8.06. The van der Waals surface area contributed by atoms with Crippen molar-refractivity contribution in [1.82, 2.24) is 10.6 Å². The Bertz CT molecular complexity index is 655. The maximum atomic E-state index is 13.9. The lowest BCUT2D eigenvalue weighted by molar-refractivity contribution is -0.120. The third-order valence-electron chi connectivity index (χ3n) is 3.04. The van der Waals surface area contributed by atoms with Gasteiger partial charge in [0.1, 0.15) is 4.90 Å². The molecule has 1 rings (SSSR count). The van der Waals surface area contributed by atoms with Crippen LogP contribution in [0.4, 0.5) is 4.39 Å². The van der Waals surface area contributed by atoms with Gasteiger partial charge in [-0.3, -0.25) is 4.79 Å². The monoisotopic (exact) mass is 369 g/mol. The SMILES string of the molecule is CNC(C)CNC(=O)Cc1cc(F)c(OC)c(S(N)(=O)=O)c1.Cl. The van der Waals surface area contributed by atoms with E-state index >= 15 is 0 Å². The average molecular weight is 370 g/mol. The van der Waals surface area contributed by atoms with Crippen LogP contribution in [0, 0.1) is 5.82 Å². The number of hydrogen-bond acceptors (Lipinski definition) is 5. The molecule has 1 unspecified atom stereocenters. The molecule has 0 aliphatic rings. The van der Waals surface area contributed by atoms with Crippen molar-refractivity contribution in [2.75, 3.05) is 20.7 Å². The number of amides is 1. The van der Waals surface area contributed by atoms with Crippen LogP contribution >= 0.6 is 12.4 Å². The first-order valence-electron chi connectivity index (χ1n) is 6.52. The van der Waals surface area contributed by atoms with Crippen molar-refractivity contribution in [3.63, 3.8) is 0 Å². The Balaban J connectivity index is 0.00000484. The number of likely N-dealkylation sites (N-methyl/N-ethyl adjacent to an activating group) is 1. The van der Waals surface area contributed by atoms with Crippen molar-refractivity contribution in [2.45, 2.75) is 24.3 Å². The third kappa shape index (κ3) is 6.30. The number of benzene rings is 1. The van der Waals surface area contributed by atoms with Crippen LogP contribution in [0.3, 0.4) is 0 Å². The molecule has 4 N–H and O–H groups in total. The van der Waals surface area contributed by atoms with E-state index in [-0.39, 0.29) is 36.3 Å². The summed E-state index contributed by atoms with van der Waals surface area (Å²) >= 11 is 0. The van der Waals surface area contributed by atoms with Crippen LogP contribution in [0.2, 0.25) is 0 Å². The molecule has 0 heterocycles. The molecule has 0 saturated heterocycles. The van der Waals surface area contributed by atoms with E-state index in [1.165, 1.54) is 0 Å². The van der Waals surface area contributed by atoms with Gasteiger partial charge in [-0.05, 0) is 31.7 Å². The van der Waals surface area contributed by atoms with Gasteiger partial charge in [-0.1, -0.05) is 0 Å². The van der Waals surface area contributed by atoms with Gasteiger partial charge < -0.3 is 15.4 Å². The molecule has 1 atom stereocenters.